The summed E-state index contributed by atoms with van der Waals surface area (Å²) in [5.74, 6) is 0. The van der Waals surface area contributed by atoms with Gasteiger partial charge >= 0.3 is 0 Å². The summed E-state index contributed by atoms with van der Waals surface area (Å²) in [7, 11) is 0. The molecule has 1 aromatic heterocycles. The standard InChI is InChI=1S/C11H18N2OS/c1-4-14-9-7-8(11(9,2)3)13-10-12-5-6-15-10/h5-6,8-9H,4,7H2,1-3H3,(H,12,13). The summed E-state index contributed by atoms with van der Waals surface area (Å²) in [5, 5.41) is 6.48. The Balaban J connectivity index is 1.92. The van der Waals surface area contributed by atoms with E-state index in [-0.39, 0.29) is 5.41 Å². The van der Waals surface area contributed by atoms with Crippen molar-refractivity contribution < 1.29 is 4.74 Å². The van der Waals surface area contributed by atoms with E-state index < -0.39 is 0 Å². The van der Waals surface area contributed by atoms with E-state index in [9.17, 15) is 0 Å². The largest absolute Gasteiger partial charge is 0.378 e. The van der Waals surface area contributed by atoms with Gasteiger partial charge < -0.3 is 10.1 Å². The minimum Gasteiger partial charge on any atom is -0.378 e. The molecule has 0 spiro atoms. The van der Waals surface area contributed by atoms with Crippen molar-refractivity contribution >= 4 is 16.5 Å². The molecule has 1 aromatic rings. The van der Waals surface area contributed by atoms with E-state index in [1.807, 2.05) is 11.6 Å². The van der Waals surface area contributed by atoms with Gasteiger partial charge in [0.25, 0.3) is 0 Å². The number of hydrogen-bond donors (Lipinski definition) is 1. The van der Waals surface area contributed by atoms with E-state index in [0.29, 0.717) is 12.1 Å². The number of nitrogens with zero attached hydrogens (tertiary/aromatic N) is 1. The number of anilines is 1. The average molecular weight is 226 g/mol. The topological polar surface area (TPSA) is 34.1 Å². The van der Waals surface area contributed by atoms with Crippen molar-refractivity contribution in [2.24, 2.45) is 5.41 Å². The summed E-state index contributed by atoms with van der Waals surface area (Å²) in [6.07, 6.45) is 3.30. The van der Waals surface area contributed by atoms with Gasteiger partial charge in [-0.25, -0.2) is 4.98 Å². The zero-order valence-corrected chi connectivity index (χ0v) is 10.3. The molecular formula is C11H18N2OS. The van der Waals surface area contributed by atoms with Crippen LogP contribution in [0.25, 0.3) is 0 Å². The van der Waals surface area contributed by atoms with Crippen LogP contribution in [-0.4, -0.2) is 23.7 Å². The molecule has 0 bridgehead atoms. The minimum absolute atomic E-state index is 0.210. The van der Waals surface area contributed by atoms with Crippen molar-refractivity contribution in [3.63, 3.8) is 0 Å². The van der Waals surface area contributed by atoms with Crippen LogP contribution in [0.4, 0.5) is 5.13 Å². The van der Waals surface area contributed by atoms with Crippen molar-refractivity contribution in [1.82, 2.24) is 4.98 Å². The van der Waals surface area contributed by atoms with Gasteiger partial charge in [0, 0.05) is 29.6 Å². The van der Waals surface area contributed by atoms with E-state index >= 15 is 0 Å². The van der Waals surface area contributed by atoms with Gasteiger partial charge in [-0.05, 0) is 13.3 Å². The third-order valence-electron chi connectivity index (χ3n) is 3.28. The predicted octanol–water partition coefficient (Wildman–Crippen LogP) is 2.76. The van der Waals surface area contributed by atoms with Gasteiger partial charge in [0.2, 0.25) is 0 Å². The van der Waals surface area contributed by atoms with Gasteiger partial charge in [0.15, 0.2) is 5.13 Å². The Morgan fingerprint density at radius 3 is 3.00 bits per heavy atom. The van der Waals surface area contributed by atoms with Crippen LogP contribution in [0.15, 0.2) is 11.6 Å². The second kappa shape index (κ2) is 4.10. The normalized spacial score (nSPS) is 28.5. The molecule has 1 saturated carbocycles. The van der Waals surface area contributed by atoms with Crippen LogP contribution < -0.4 is 5.32 Å². The highest BCUT2D eigenvalue weighted by molar-refractivity contribution is 7.13. The number of rotatable bonds is 4. The predicted molar refractivity (Wildman–Crippen MR) is 63.3 cm³/mol. The first-order valence-corrected chi connectivity index (χ1v) is 6.30. The fourth-order valence-electron chi connectivity index (χ4n) is 2.06. The maximum atomic E-state index is 5.69. The Kier molecular flexibility index (Phi) is 2.98. The highest BCUT2D eigenvalue weighted by atomic mass is 32.1. The highest BCUT2D eigenvalue weighted by Gasteiger charge is 2.49. The smallest absolute Gasteiger partial charge is 0.182 e. The van der Waals surface area contributed by atoms with E-state index in [4.69, 9.17) is 4.74 Å². The van der Waals surface area contributed by atoms with Crippen LogP contribution in [-0.2, 0) is 4.74 Å². The summed E-state index contributed by atoms with van der Waals surface area (Å²) in [6, 6.07) is 0.486. The van der Waals surface area contributed by atoms with Gasteiger partial charge in [-0.1, -0.05) is 13.8 Å². The van der Waals surface area contributed by atoms with E-state index in [1.165, 1.54) is 0 Å². The minimum atomic E-state index is 0.210. The van der Waals surface area contributed by atoms with Crippen LogP contribution in [0.3, 0.4) is 0 Å². The average Bonchev–Trinajstić information content (AvgIpc) is 2.69. The molecule has 1 N–H and O–H groups in total. The maximum absolute atomic E-state index is 5.69. The van der Waals surface area contributed by atoms with Crippen molar-refractivity contribution in [3.8, 4) is 0 Å². The van der Waals surface area contributed by atoms with Gasteiger partial charge in [-0.3, -0.25) is 0 Å². The summed E-state index contributed by atoms with van der Waals surface area (Å²) < 4.78 is 5.69. The molecule has 0 aromatic carbocycles. The number of ether oxygens (including phenoxy) is 1. The third-order valence-corrected chi connectivity index (χ3v) is 3.98. The first-order valence-electron chi connectivity index (χ1n) is 5.42. The number of aromatic nitrogens is 1. The van der Waals surface area contributed by atoms with E-state index in [0.717, 1.165) is 18.2 Å². The fourth-order valence-corrected chi connectivity index (χ4v) is 2.64. The Morgan fingerprint density at radius 2 is 2.47 bits per heavy atom. The van der Waals surface area contributed by atoms with E-state index in [1.54, 1.807) is 11.3 Å². The molecule has 0 amide bonds. The Morgan fingerprint density at radius 1 is 1.67 bits per heavy atom. The molecule has 0 radical (unpaired) electrons. The van der Waals surface area contributed by atoms with Gasteiger partial charge in [0.1, 0.15) is 0 Å². The lowest BCUT2D eigenvalue weighted by atomic mass is 9.64. The van der Waals surface area contributed by atoms with Gasteiger partial charge in [-0.2, -0.15) is 0 Å². The quantitative estimate of drug-likeness (QED) is 0.857. The molecule has 1 heterocycles. The van der Waals surface area contributed by atoms with Gasteiger partial charge in [-0.15, -0.1) is 11.3 Å². The molecule has 1 aliphatic carbocycles. The fraction of sp³-hybridized carbons (Fsp3) is 0.727. The maximum Gasteiger partial charge on any atom is 0.182 e. The van der Waals surface area contributed by atoms with Crippen LogP contribution in [0, 0.1) is 5.41 Å². The summed E-state index contributed by atoms with van der Waals surface area (Å²) in [5.41, 5.74) is 0.210. The van der Waals surface area contributed by atoms with E-state index in [2.05, 4.69) is 31.1 Å². The molecule has 84 valence electrons. The zero-order chi connectivity index (χ0) is 10.9. The summed E-state index contributed by atoms with van der Waals surface area (Å²) >= 11 is 1.65. The molecule has 2 rings (SSSR count). The molecular weight excluding hydrogens is 208 g/mol. The van der Waals surface area contributed by atoms with Crippen molar-refractivity contribution in [2.45, 2.75) is 39.3 Å². The Labute approximate surface area is 94.9 Å². The first-order chi connectivity index (χ1) is 7.14. The molecule has 15 heavy (non-hydrogen) atoms. The Hall–Kier alpha value is -0.610. The van der Waals surface area contributed by atoms with Crippen LogP contribution in [0.2, 0.25) is 0 Å². The lowest BCUT2D eigenvalue weighted by molar-refractivity contribution is -0.0975. The molecule has 0 saturated heterocycles. The molecule has 2 unspecified atom stereocenters. The second-order valence-corrected chi connectivity index (χ2v) is 5.43. The Bertz CT molecular complexity index is 310. The lowest BCUT2D eigenvalue weighted by Gasteiger charge is -2.51. The van der Waals surface area contributed by atoms with Crippen molar-refractivity contribution in [2.75, 3.05) is 11.9 Å². The molecule has 1 aliphatic rings. The van der Waals surface area contributed by atoms with Crippen LogP contribution in [0.1, 0.15) is 27.2 Å². The SMILES string of the molecule is CCOC1CC(Nc2nccs2)C1(C)C. The number of hydrogen-bond acceptors (Lipinski definition) is 4. The first kappa shape index (κ1) is 10.9. The number of thiazole rings is 1. The van der Waals surface area contributed by atoms with Crippen LogP contribution >= 0.6 is 11.3 Å². The molecule has 2 atom stereocenters. The summed E-state index contributed by atoms with van der Waals surface area (Å²) in [4.78, 5) is 4.24. The van der Waals surface area contributed by atoms with Crippen molar-refractivity contribution in [3.05, 3.63) is 11.6 Å². The molecule has 3 nitrogen and oxygen atoms in total. The zero-order valence-electron chi connectivity index (χ0n) is 9.49. The highest BCUT2D eigenvalue weighted by Crippen LogP contribution is 2.44. The number of nitrogens with one attached hydrogen (secondary N) is 1. The molecule has 1 fully saturated rings. The lowest BCUT2D eigenvalue weighted by Crippen LogP contribution is -2.58. The third kappa shape index (κ3) is 2.01. The van der Waals surface area contributed by atoms with Crippen molar-refractivity contribution in [1.29, 1.82) is 0 Å². The molecule has 0 aliphatic heterocycles. The second-order valence-electron chi connectivity index (χ2n) is 4.54. The monoisotopic (exact) mass is 226 g/mol. The van der Waals surface area contributed by atoms with Crippen LogP contribution in [0.5, 0.6) is 0 Å². The van der Waals surface area contributed by atoms with Gasteiger partial charge in [0.05, 0.1) is 6.10 Å². The summed E-state index contributed by atoms with van der Waals surface area (Å²) in [6.45, 7) is 7.36. The molecule has 4 heteroatoms.